The minimum Gasteiger partial charge on any atom is -0.480 e. The van der Waals surface area contributed by atoms with Crippen LogP contribution in [0.2, 0.25) is 0 Å². The fourth-order valence-corrected chi connectivity index (χ4v) is 4.24. The van der Waals surface area contributed by atoms with E-state index in [1.54, 1.807) is 32.0 Å². The standard InChI is InChI=1S/C14H22N2O6S2/c1-11(2)10-13(14(17)18)16-23(19,20)9-8-15-24(21,22)12-6-4-3-5-7-12/h3-7,11,13,15-16H,8-10H2,1-2H3,(H,17,18)/t13-/m0/s1. The van der Waals surface area contributed by atoms with Gasteiger partial charge in [0.15, 0.2) is 0 Å². The van der Waals surface area contributed by atoms with Crippen LogP contribution in [0.15, 0.2) is 35.2 Å². The lowest BCUT2D eigenvalue weighted by atomic mass is 10.1. The van der Waals surface area contributed by atoms with E-state index in [0.29, 0.717) is 0 Å². The van der Waals surface area contributed by atoms with Crippen LogP contribution in [0.1, 0.15) is 20.3 Å². The van der Waals surface area contributed by atoms with Crippen molar-refractivity contribution in [2.75, 3.05) is 12.3 Å². The molecule has 1 rings (SSSR count). The highest BCUT2D eigenvalue weighted by molar-refractivity contribution is 7.90. The number of nitrogens with one attached hydrogen (secondary N) is 2. The van der Waals surface area contributed by atoms with Gasteiger partial charge in [0.1, 0.15) is 6.04 Å². The van der Waals surface area contributed by atoms with E-state index in [4.69, 9.17) is 5.11 Å². The van der Waals surface area contributed by atoms with E-state index in [2.05, 4.69) is 9.44 Å². The zero-order valence-corrected chi connectivity index (χ0v) is 15.1. The number of carbonyl (C=O) groups is 1. The molecule has 0 aromatic heterocycles. The van der Waals surface area contributed by atoms with E-state index < -0.39 is 37.8 Å². The van der Waals surface area contributed by atoms with Crippen LogP contribution in [0.5, 0.6) is 0 Å². The highest BCUT2D eigenvalue weighted by atomic mass is 32.2. The molecule has 3 N–H and O–H groups in total. The van der Waals surface area contributed by atoms with Crippen molar-refractivity contribution in [3.8, 4) is 0 Å². The Morgan fingerprint density at radius 2 is 1.71 bits per heavy atom. The van der Waals surface area contributed by atoms with Gasteiger partial charge in [-0.3, -0.25) is 4.79 Å². The van der Waals surface area contributed by atoms with Gasteiger partial charge in [-0.1, -0.05) is 32.0 Å². The lowest BCUT2D eigenvalue weighted by Crippen LogP contribution is -2.44. The van der Waals surface area contributed by atoms with E-state index >= 15 is 0 Å². The number of hydrogen-bond acceptors (Lipinski definition) is 5. The highest BCUT2D eigenvalue weighted by Gasteiger charge is 2.25. The molecule has 1 atom stereocenters. The van der Waals surface area contributed by atoms with Crippen molar-refractivity contribution in [1.29, 1.82) is 0 Å². The first-order valence-corrected chi connectivity index (χ1v) is 10.4. The maximum atomic E-state index is 12.0. The average molecular weight is 378 g/mol. The predicted molar refractivity (Wildman–Crippen MR) is 89.4 cm³/mol. The monoisotopic (exact) mass is 378 g/mol. The Morgan fingerprint density at radius 1 is 1.12 bits per heavy atom. The van der Waals surface area contributed by atoms with Crippen LogP contribution in [-0.2, 0) is 24.8 Å². The molecular formula is C14H22N2O6S2. The molecule has 0 bridgehead atoms. The number of sulfonamides is 2. The van der Waals surface area contributed by atoms with Crippen LogP contribution in [0.3, 0.4) is 0 Å². The molecule has 0 aliphatic carbocycles. The molecule has 0 spiro atoms. The zero-order chi connectivity index (χ0) is 18.4. The number of aliphatic carboxylic acids is 1. The first-order valence-electron chi connectivity index (χ1n) is 7.31. The minimum absolute atomic E-state index is 0.00890. The number of hydrogen-bond donors (Lipinski definition) is 3. The van der Waals surface area contributed by atoms with Gasteiger partial charge in [-0.05, 0) is 24.5 Å². The van der Waals surface area contributed by atoms with E-state index in [-0.39, 0.29) is 23.8 Å². The van der Waals surface area contributed by atoms with Crippen molar-refractivity contribution in [3.05, 3.63) is 30.3 Å². The van der Waals surface area contributed by atoms with Crippen LogP contribution in [0, 0.1) is 5.92 Å². The fourth-order valence-electron chi connectivity index (χ4n) is 1.94. The summed E-state index contributed by atoms with van der Waals surface area (Å²) in [6, 6.07) is 6.30. The molecule has 136 valence electrons. The number of rotatable bonds is 10. The molecule has 0 heterocycles. The number of carboxylic acids is 1. The molecule has 1 aromatic carbocycles. The van der Waals surface area contributed by atoms with Gasteiger partial charge in [0.2, 0.25) is 20.0 Å². The van der Waals surface area contributed by atoms with Gasteiger partial charge in [-0.2, -0.15) is 0 Å². The molecule has 0 aliphatic heterocycles. The maximum absolute atomic E-state index is 12.0. The topological polar surface area (TPSA) is 130 Å². The second-order valence-corrected chi connectivity index (χ2v) is 9.31. The predicted octanol–water partition coefficient (Wildman–Crippen LogP) is 0.384. The molecule has 0 fully saturated rings. The lowest BCUT2D eigenvalue weighted by Gasteiger charge is -2.16. The van der Waals surface area contributed by atoms with Gasteiger partial charge in [0.05, 0.1) is 10.6 Å². The normalized spacial score (nSPS) is 13.8. The highest BCUT2D eigenvalue weighted by Crippen LogP contribution is 2.08. The summed E-state index contributed by atoms with van der Waals surface area (Å²) in [6.45, 7) is 3.19. The van der Waals surface area contributed by atoms with Crippen molar-refractivity contribution in [1.82, 2.24) is 9.44 Å². The third-order valence-corrected chi connectivity index (χ3v) is 5.91. The summed E-state index contributed by atoms with van der Waals surface area (Å²) in [7, 11) is -7.74. The van der Waals surface area contributed by atoms with Crippen molar-refractivity contribution in [2.24, 2.45) is 5.92 Å². The molecule has 0 unspecified atom stereocenters. The molecule has 0 amide bonds. The maximum Gasteiger partial charge on any atom is 0.321 e. The Kier molecular flexibility index (Phi) is 7.33. The molecule has 0 saturated heterocycles. The molecule has 10 heteroatoms. The lowest BCUT2D eigenvalue weighted by molar-refractivity contribution is -0.139. The summed E-state index contributed by atoms with van der Waals surface area (Å²) in [4.78, 5) is 11.1. The average Bonchev–Trinajstić information content (AvgIpc) is 2.46. The molecule has 0 aliphatic rings. The summed E-state index contributed by atoms with van der Waals surface area (Å²) in [5.41, 5.74) is 0. The third kappa shape index (κ3) is 6.95. The van der Waals surface area contributed by atoms with Crippen LogP contribution in [0.4, 0.5) is 0 Å². The molecule has 0 saturated carbocycles. The summed E-state index contributed by atoms with van der Waals surface area (Å²) in [5.74, 6) is -1.83. The van der Waals surface area contributed by atoms with E-state index in [1.807, 2.05) is 0 Å². The van der Waals surface area contributed by atoms with Crippen molar-refractivity contribution < 1.29 is 26.7 Å². The summed E-state index contributed by atoms with van der Waals surface area (Å²) < 4.78 is 52.1. The molecule has 24 heavy (non-hydrogen) atoms. The second-order valence-electron chi connectivity index (χ2n) is 5.67. The Morgan fingerprint density at radius 3 is 2.21 bits per heavy atom. The third-order valence-electron chi connectivity index (χ3n) is 3.04. The second kappa shape index (κ2) is 8.56. The van der Waals surface area contributed by atoms with Crippen molar-refractivity contribution >= 4 is 26.0 Å². The fraction of sp³-hybridized carbons (Fsp3) is 0.500. The summed E-state index contributed by atoms with van der Waals surface area (Å²) in [6.07, 6.45) is 0.143. The van der Waals surface area contributed by atoms with Gasteiger partial charge >= 0.3 is 5.97 Å². The van der Waals surface area contributed by atoms with E-state index in [0.717, 1.165) is 0 Å². The van der Waals surface area contributed by atoms with Crippen molar-refractivity contribution in [2.45, 2.75) is 31.2 Å². The Hall–Kier alpha value is -1.49. The number of carboxylic acid groups (broad SMARTS) is 1. The quantitative estimate of drug-likeness (QED) is 0.540. The molecule has 8 nitrogen and oxygen atoms in total. The SMILES string of the molecule is CC(C)C[C@H](NS(=O)(=O)CCNS(=O)(=O)c1ccccc1)C(=O)O. The largest absolute Gasteiger partial charge is 0.480 e. The molecule has 1 aromatic rings. The van der Waals surface area contributed by atoms with Gasteiger partial charge in [0.25, 0.3) is 0 Å². The van der Waals surface area contributed by atoms with Crippen molar-refractivity contribution in [3.63, 3.8) is 0 Å². The Balaban J connectivity index is 2.64. The summed E-state index contributed by atoms with van der Waals surface area (Å²) in [5, 5.41) is 9.05. The minimum atomic E-state index is -3.93. The van der Waals surface area contributed by atoms with E-state index in [1.165, 1.54) is 12.1 Å². The molecule has 0 radical (unpaired) electrons. The van der Waals surface area contributed by atoms with Gasteiger partial charge in [-0.25, -0.2) is 26.3 Å². The summed E-state index contributed by atoms with van der Waals surface area (Å²) >= 11 is 0. The van der Waals surface area contributed by atoms with Crippen LogP contribution < -0.4 is 9.44 Å². The van der Waals surface area contributed by atoms with Crippen LogP contribution >= 0.6 is 0 Å². The Bertz CT molecular complexity index is 745. The first kappa shape index (κ1) is 20.6. The van der Waals surface area contributed by atoms with E-state index in [9.17, 15) is 21.6 Å². The van der Waals surface area contributed by atoms with Gasteiger partial charge < -0.3 is 5.11 Å². The zero-order valence-electron chi connectivity index (χ0n) is 13.5. The van der Waals surface area contributed by atoms with Gasteiger partial charge in [-0.15, -0.1) is 0 Å². The Labute approximate surface area is 142 Å². The number of benzene rings is 1. The smallest absolute Gasteiger partial charge is 0.321 e. The van der Waals surface area contributed by atoms with Crippen LogP contribution in [-0.4, -0.2) is 46.3 Å². The van der Waals surface area contributed by atoms with Crippen LogP contribution in [0.25, 0.3) is 0 Å². The molecular weight excluding hydrogens is 356 g/mol. The van der Waals surface area contributed by atoms with Gasteiger partial charge in [0, 0.05) is 6.54 Å². The first-order chi connectivity index (χ1) is 11.0.